The Hall–Kier alpha value is -2.34. The van der Waals surface area contributed by atoms with Crippen molar-refractivity contribution in [3.8, 4) is 17.3 Å². The molecule has 0 saturated carbocycles. The lowest BCUT2D eigenvalue weighted by atomic mass is 10.3. The molecular weight excluding hydrogens is 441 g/mol. The summed E-state index contributed by atoms with van der Waals surface area (Å²) in [5.74, 6) is 1.71. The molecule has 0 unspecified atom stereocenters. The molecule has 12 heteroatoms. The molecule has 0 fully saturated rings. The fourth-order valence-electron chi connectivity index (χ4n) is 2.74. The minimum Gasteiger partial charge on any atom is -0.489 e. The van der Waals surface area contributed by atoms with Crippen molar-refractivity contribution in [2.24, 2.45) is 7.05 Å². The Kier molecular flexibility index (Phi) is 6.01. The van der Waals surface area contributed by atoms with E-state index in [9.17, 15) is 21.6 Å². The number of fused-ring (bicyclic) bond motifs is 1. The molecule has 0 atom stereocenters. The van der Waals surface area contributed by atoms with Crippen molar-refractivity contribution < 1.29 is 26.3 Å². The predicted molar refractivity (Wildman–Crippen MR) is 107 cm³/mol. The molecule has 0 aromatic carbocycles. The lowest BCUT2D eigenvalue weighted by molar-refractivity contribution is -0.0438. The van der Waals surface area contributed by atoms with Gasteiger partial charge in [-0.05, 0) is 25.7 Å². The molecule has 0 bridgehead atoms. The van der Waals surface area contributed by atoms with Gasteiger partial charge in [-0.15, -0.1) is 11.8 Å². The molecule has 3 heterocycles. The van der Waals surface area contributed by atoms with Crippen molar-refractivity contribution >= 4 is 32.6 Å². The number of aryl methyl sites for hydroxylation is 1. The van der Waals surface area contributed by atoms with Crippen LogP contribution in [0.3, 0.4) is 0 Å². The molecule has 0 radical (unpaired) electrons. The van der Waals surface area contributed by atoms with Gasteiger partial charge in [-0.1, -0.05) is 6.92 Å². The number of halogens is 3. The van der Waals surface area contributed by atoms with Crippen molar-refractivity contribution in [1.82, 2.24) is 19.5 Å². The Bertz CT molecular complexity index is 1190. The van der Waals surface area contributed by atoms with Crippen LogP contribution in [0.25, 0.3) is 22.6 Å². The average molecular weight is 461 g/mol. The Balaban J connectivity index is 2.14. The van der Waals surface area contributed by atoms with E-state index >= 15 is 0 Å². The molecule has 0 aliphatic heterocycles. The zero-order valence-electron chi connectivity index (χ0n) is 16.6. The fraction of sp³-hybridized carbons (Fsp3) is 0.389. The van der Waals surface area contributed by atoms with Crippen molar-refractivity contribution in [3.63, 3.8) is 0 Å². The van der Waals surface area contributed by atoms with E-state index in [1.807, 2.05) is 26.8 Å². The number of aromatic nitrogens is 4. The van der Waals surface area contributed by atoms with Gasteiger partial charge in [-0.2, -0.15) is 13.2 Å². The maximum atomic E-state index is 12.9. The van der Waals surface area contributed by atoms with Crippen LogP contribution in [0.15, 0.2) is 34.4 Å². The van der Waals surface area contributed by atoms with Gasteiger partial charge >= 0.3 is 5.51 Å². The zero-order valence-corrected chi connectivity index (χ0v) is 18.2. The van der Waals surface area contributed by atoms with E-state index in [4.69, 9.17) is 4.74 Å². The van der Waals surface area contributed by atoms with Crippen molar-refractivity contribution in [2.75, 3.05) is 5.75 Å². The third-order valence-corrected chi connectivity index (χ3v) is 6.33. The molecule has 3 rings (SSSR count). The molecule has 30 heavy (non-hydrogen) atoms. The molecule has 0 amide bonds. The van der Waals surface area contributed by atoms with Gasteiger partial charge in [0.25, 0.3) is 9.84 Å². The van der Waals surface area contributed by atoms with Gasteiger partial charge in [-0.3, -0.25) is 0 Å². The first-order chi connectivity index (χ1) is 14.0. The van der Waals surface area contributed by atoms with Gasteiger partial charge < -0.3 is 9.30 Å². The smallest absolute Gasteiger partial charge is 0.489 e. The van der Waals surface area contributed by atoms with Crippen LogP contribution >= 0.6 is 11.8 Å². The SMILES string of the molecule is CCSc1cc(OC(C)C)cnc1-c1nc2cc(S(=O)(=O)C(F)(F)F)ncc2n1C. The van der Waals surface area contributed by atoms with E-state index in [1.54, 1.807) is 17.8 Å². The second-order valence-electron chi connectivity index (χ2n) is 6.57. The minimum atomic E-state index is -5.57. The average Bonchev–Trinajstić information content (AvgIpc) is 2.97. The summed E-state index contributed by atoms with van der Waals surface area (Å²) in [6, 6.07) is 2.65. The number of nitrogens with zero attached hydrogens (tertiary/aromatic N) is 4. The highest BCUT2D eigenvalue weighted by Crippen LogP contribution is 2.35. The number of pyridine rings is 2. The number of imidazole rings is 1. The summed E-state index contributed by atoms with van der Waals surface area (Å²) in [6.45, 7) is 5.76. The van der Waals surface area contributed by atoms with Crippen LogP contribution in [0.4, 0.5) is 13.2 Å². The predicted octanol–water partition coefficient (Wildman–Crippen LogP) is 4.22. The van der Waals surface area contributed by atoms with Crippen molar-refractivity contribution in [2.45, 2.75) is 42.3 Å². The van der Waals surface area contributed by atoms with Crippen LogP contribution in [-0.2, 0) is 16.9 Å². The molecule has 0 saturated heterocycles. The molecule has 0 spiro atoms. The van der Waals surface area contributed by atoms with Crippen LogP contribution in [-0.4, -0.2) is 45.3 Å². The lowest BCUT2D eigenvalue weighted by Crippen LogP contribution is -2.24. The summed E-state index contributed by atoms with van der Waals surface area (Å²) >= 11 is 1.51. The first kappa shape index (κ1) is 22.3. The third-order valence-electron chi connectivity index (χ3n) is 4.03. The van der Waals surface area contributed by atoms with Gasteiger partial charge in [-0.25, -0.2) is 23.4 Å². The molecule has 3 aromatic heterocycles. The Morgan fingerprint density at radius 1 is 1.20 bits per heavy atom. The van der Waals surface area contributed by atoms with Crippen molar-refractivity contribution in [1.29, 1.82) is 0 Å². The van der Waals surface area contributed by atoms with Gasteiger partial charge in [0.15, 0.2) is 10.9 Å². The van der Waals surface area contributed by atoms with Crippen LogP contribution < -0.4 is 4.74 Å². The normalized spacial score (nSPS) is 12.7. The maximum absolute atomic E-state index is 12.9. The molecule has 3 aromatic rings. The van der Waals surface area contributed by atoms with Gasteiger partial charge in [0, 0.05) is 18.0 Å². The van der Waals surface area contributed by atoms with E-state index in [-0.39, 0.29) is 11.6 Å². The first-order valence-corrected chi connectivity index (χ1v) is 11.4. The van der Waals surface area contributed by atoms with Gasteiger partial charge in [0.2, 0.25) is 0 Å². The number of hydrogen-bond donors (Lipinski definition) is 0. The second kappa shape index (κ2) is 8.06. The summed E-state index contributed by atoms with van der Waals surface area (Å²) < 4.78 is 69.2. The first-order valence-electron chi connectivity index (χ1n) is 8.89. The van der Waals surface area contributed by atoms with E-state index in [0.29, 0.717) is 22.8 Å². The van der Waals surface area contributed by atoms with E-state index in [2.05, 4.69) is 15.0 Å². The topological polar surface area (TPSA) is 87.0 Å². The maximum Gasteiger partial charge on any atom is 0.503 e. The fourth-order valence-corrected chi connectivity index (χ4v) is 4.23. The lowest BCUT2D eigenvalue weighted by Gasteiger charge is -2.13. The summed E-state index contributed by atoms with van der Waals surface area (Å²) in [5.41, 5.74) is -4.48. The largest absolute Gasteiger partial charge is 0.503 e. The van der Waals surface area contributed by atoms with Crippen molar-refractivity contribution in [3.05, 3.63) is 24.5 Å². The van der Waals surface area contributed by atoms with E-state index < -0.39 is 20.4 Å². The Morgan fingerprint density at radius 3 is 2.50 bits per heavy atom. The quantitative estimate of drug-likeness (QED) is 0.509. The third kappa shape index (κ3) is 4.10. The Morgan fingerprint density at radius 2 is 1.90 bits per heavy atom. The van der Waals surface area contributed by atoms with E-state index in [1.165, 1.54) is 11.8 Å². The number of sulfone groups is 1. The number of ether oxygens (including phenoxy) is 1. The Labute approximate surface area is 175 Å². The second-order valence-corrected chi connectivity index (χ2v) is 9.77. The highest BCUT2D eigenvalue weighted by Gasteiger charge is 2.48. The molecule has 162 valence electrons. The van der Waals surface area contributed by atoms with Crippen LogP contribution in [0.5, 0.6) is 5.75 Å². The molecular formula is C18H19F3N4O3S2. The minimum absolute atomic E-state index is 0.0343. The molecule has 0 aliphatic rings. The summed E-state index contributed by atoms with van der Waals surface area (Å²) in [6.07, 6.45) is 2.58. The molecule has 0 aliphatic carbocycles. The zero-order chi connectivity index (χ0) is 22.3. The number of rotatable bonds is 6. The summed E-state index contributed by atoms with van der Waals surface area (Å²) in [5, 5.41) is -1.09. The monoisotopic (exact) mass is 460 g/mol. The molecule has 7 nitrogen and oxygen atoms in total. The summed E-state index contributed by atoms with van der Waals surface area (Å²) in [4.78, 5) is 13.1. The number of thioether (sulfide) groups is 1. The highest BCUT2D eigenvalue weighted by molar-refractivity contribution is 7.99. The highest BCUT2D eigenvalue weighted by atomic mass is 32.2. The number of hydrogen-bond acceptors (Lipinski definition) is 7. The van der Waals surface area contributed by atoms with Gasteiger partial charge in [0.05, 0.1) is 29.5 Å². The van der Waals surface area contributed by atoms with Crippen LogP contribution in [0.2, 0.25) is 0 Å². The summed E-state index contributed by atoms with van der Waals surface area (Å²) in [7, 11) is -3.91. The van der Waals surface area contributed by atoms with E-state index in [0.717, 1.165) is 22.9 Å². The standard InChI is InChI=1S/C18H19F3N4O3S2/c1-5-29-14-6-11(28-10(2)3)8-23-16(14)17-24-12-7-15(22-9-13(12)25(17)4)30(26,27)18(19,20)21/h6-10H,5H2,1-4H3. The van der Waals surface area contributed by atoms with Crippen LogP contribution in [0.1, 0.15) is 20.8 Å². The van der Waals surface area contributed by atoms with Crippen LogP contribution in [0, 0.1) is 0 Å². The van der Waals surface area contributed by atoms with Gasteiger partial charge in [0.1, 0.15) is 11.4 Å². The number of alkyl halides is 3. The molecule has 0 N–H and O–H groups in total.